The zero-order valence-corrected chi connectivity index (χ0v) is 14.2. The minimum absolute atomic E-state index is 0.282. The van der Waals surface area contributed by atoms with Crippen molar-refractivity contribution in [3.05, 3.63) is 35.7 Å². The zero-order valence-electron chi connectivity index (χ0n) is 14.2. The Kier molecular flexibility index (Phi) is 3.89. The first-order valence-corrected chi connectivity index (χ1v) is 8.16. The van der Waals surface area contributed by atoms with Gasteiger partial charge in [0.15, 0.2) is 5.82 Å². The van der Waals surface area contributed by atoms with Gasteiger partial charge >= 0.3 is 0 Å². The highest BCUT2D eigenvalue weighted by atomic mass is 16.5. The van der Waals surface area contributed by atoms with Crippen LogP contribution in [0.4, 0.5) is 11.5 Å². The molecule has 1 N–H and O–H groups in total. The SMILES string of the molecule is Cc1oncc1C(=O)Nc1nn(C)c2cccc(N3CCOCC3)c12. The first-order chi connectivity index (χ1) is 12.1. The van der Waals surface area contributed by atoms with Crippen molar-refractivity contribution in [1.29, 1.82) is 0 Å². The van der Waals surface area contributed by atoms with Crippen molar-refractivity contribution < 1.29 is 14.1 Å². The molecular weight excluding hydrogens is 322 g/mol. The molecule has 4 rings (SSSR count). The normalized spacial score (nSPS) is 14.9. The number of morpholine rings is 1. The number of benzene rings is 1. The van der Waals surface area contributed by atoms with Crippen LogP contribution in [0.5, 0.6) is 0 Å². The van der Waals surface area contributed by atoms with Crippen molar-refractivity contribution in [2.45, 2.75) is 6.92 Å². The van der Waals surface area contributed by atoms with Gasteiger partial charge in [-0.1, -0.05) is 11.2 Å². The minimum atomic E-state index is -0.282. The number of aryl methyl sites for hydroxylation is 2. The lowest BCUT2D eigenvalue weighted by Crippen LogP contribution is -2.36. The van der Waals surface area contributed by atoms with E-state index < -0.39 is 0 Å². The van der Waals surface area contributed by atoms with Gasteiger partial charge in [0.25, 0.3) is 5.91 Å². The van der Waals surface area contributed by atoms with Crippen LogP contribution in [0.1, 0.15) is 16.1 Å². The molecule has 0 unspecified atom stereocenters. The predicted molar refractivity (Wildman–Crippen MR) is 92.9 cm³/mol. The van der Waals surface area contributed by atoms with Gasteiger partial charge in [0.1, 0.15) is 11.3 Å². The largest absolute Gasteiger partial charge is 0.378 e. The van der Waals surface area contributed by atoms with Crippen molar-refractivity contribution in [1.82, 2.24) is 14.9 Å². The molecule has 1 amide bonds. The number of anilines is 2. The summed E-state index contributed by atoms with van der Waals surface area (Å²) in [5, 5.41) is 12.0. The van der Waals surface area contributed by atoms with Crippen LogP contribution in [0.25, 0.3) is 10.9 Å². The molecule has 0 spiro atoms. The van der Waals surface area contributed by atoms with E-state index in [2.05, 4.69) is 26.5 Å². The van der Waals surface area contributed by atoms with Gasteiger partial charge in [0, 0.05) is 20.1 Å². The van der Waals surface area contributed by atoms with Crippen LogP contribution in [0.15, 0.2) is 28.9 Å². The van der Waals surface area contributed by atoms with Gasteiger partial charge in [-0.3, -0.25) is 9.48 Å². The van der Waals surface area contributed by atoms with Crippen LogP contribution in [0.2, 0.25) is 0 Å². The molecule has 0 radical (unpaired) electrons. The fraction of sp³-hybridized carbons (Fsp3) is 0.353. The van der Waals surface area contributed by atoms with E-state index in [0.717, 1.165) is 29.7 Å². The monoisotopic (exact) mass is 341 g/mol. The summed E-state index contributed by atoms with van der Waals surface area (Å²) in [6, 6.07) is 6.05. The molecule has 25 heavy (non-hydrogen) atoms. The van der Waals surface area contributed by atoms with E-state index >= 15 is 0 Å². The third-order valence-electron chi connectivity index (χ3n) is 4.43. The number of nitrogens with one attached hydrogen (secondary N) is 1. The summed E-state index contributed by atoms with van der Waals surface area (Å²) in [6.45, 7) is 4.71. The number of carbonyl (C=O) groups is 1. The third-order valence-corrected chi connectivity index (χ3v) is 4.43. The van der Waals surface area contributed by atoms with E-state index in [1.165, 1.54) is 6.20 Å². The summed E-state index contributed by atoms with van der Waals surface area (Å²) in [6.07, 6.45) is 1.42. The number of nitrogens with zero attached hydrogens (tertiary/aromatic N) is 4. The highest BCUT2D eigenvalue weighted by molar-refractivity contribution is 6.11. The quantitative estimate of drug-likeness (QED) is 0.784. The van der Waals surface area contributed by atoms with Crippen molar-refractivity contribution in [2.24, 2.45) is 7.05 Å². The fourth-order valence-corrected chi connectivity index (χ4v) is 3.14. The molecule has 1 fully saturated rings. The number of fused-ring (bicyclic) bond motifs is 1. The predicted octanol–water partition coefficient (Wildman–Crippen LogP) is 1.96. The molecule has 0 saturated carbocycles. The Morgan fingerprint density at radius 2 is 2.08 bits per heavy atom. The number of aromatic nitrogens is 3. The summed E-state index contributed by atoms with van der Waals surface area (Å²) in [4.78, 5) is 14.8. The molecule has 3 aromatic rings. The first-order valence-electron chi connectivity index (χ1n) is 8.16. The second-order valence-corrected chi connectivity index (χ2v) is 5.99. The molecule has 1 aromatic carbocycles. The highest BCUT2D eigenvalue weighted by Crippen LogP contribution is 2.33. The van der Waals surface area contributed by atoms with Crippen molar-refractivity contribution >= 4 is 28.3 Å². The third kappa shape index (κ3) is 2.74. The maximum absolute atomic E-state index is 12.5. The molecule has 1 aliphatic heterocycles. The Labute approximate surface area is 144 Å². The molecule has 2 aromatic heterocycles. The van der Waals surface area contributed by atoms with Crippen LogP contribution in [-0.4, -0.2) is 47.1 Å². The highest BCUT2D eigenvalue weighted by Gasteiger charge is 2.21. The van der Waals surface area contributed by atoms with E-state index in [1.54, 1.807) is 11.6 Å². The number of hydrogen-bond acceptors (Lipinski definition) is 6. The van der Waals surface area contributed by atoms with E-state index in [4.69, 9.17) is 9.26 Å². The molecule has 3 heterocycles. The second-order valence-electron chi connectivity index (χ2n) is 5.99. The molecule has 0 atom stereocenters. The fourth-order valence-electron chi connectivity index (χ4n) is 3.14. The lowest BCUT2D eigenvalue weighted by molar-refractivity contribution is 0.102. The van der Waals surface area contributed by atoms with Gasteiger partial charge in [-0.25, -0.2) is 0 Å². The van der Waals surface area contributed by atoms with Gasteiger partial charge in [-0.2, -0.15) is 5.10 Å². The molecule has 8 nitrogen and oxygen atoms in total. The Hall–Kier alpha value is -2.87. The van der Waals surface area contributed by atoms with Crippen molar-refractivity contribution in [3.8, 4) is 0 Å². The summed E-state index contributed by atoms with van der Waals surface area (Å²) in [5.41, 5.74) is 2.41. The Bertz CT molecular complexity index is 924. The number of carbonyl (C=O) groups excluding carboxylic acids is 1. The zero-order chi connectivity index (χ0) is 17.4. The van der Waals surface area contributed by atoms with E-state index in [0.29, 0.717) is 30.4 Å². The Morgan fingerprint density at radius 1 is 1.28 bits per heavy atom. The minimum Gasteiger partial charge on any atom is -0.378 e. The number of ether oxygens (including phenoxy) is 1. The lowest BCUT2D eigenvalue weighted by atomic mass is 10.1. The Morgan fingerprint density at radius 3 is 2.80 bits per heavy atom. The molecule has 130 valence electrons. The van der Waals surface area contributed by atoms with Gasteiger partial charge in [-0.05, 0) is 19.1 Å². The molecule has 0 bridgehead atoms. The van der Waals surface area contributed by atoms with Gasteiger partial charge in [0.05, 0.1) is 36.0 Å². The average Bonchev–Trinajstić information content (AvgIpc) is 3.19. The maximum atomic E-state index is 12.5. The number of hydrogen-bond donors (Lipinski definition) is 1. The lowest BCUT2D eigenvalue weighted by Gasteiger charge is -2.29. The summed E-state index contributed by atoms with van der Waals surface area (Å²) in [5.74, 6) is 0.729. The maximum Gasteiger partial charge on any atom is 0.262 e. The van der Waals surface area contributed by atoms with Crippen LogP contribution < -0.4 is 10.2 Å². The van der Waals surface area contributed by atoms with E-state index in [-0.39, 0.29) is 5.91 Å². The van der Waals surface area contributed by atoms with Crippen LogP contribution in [-0.2, 0) is 11.8 Å². The molecule has 8 heteroatoms. The van der Waals surface area contributed by atoms with Gasteiger partial charge in [0.2, 0.25) is 0 Å². The van der Waals surface area contributed by atoms with Crippen molar-refractivity contribution in [3.63, 3.8) is 0 Å². The van der Waals surface area contributed by atoms with Crippen LogP contribution in [0.3, 0.4) is 0 Å². The van der Waals surface area contributed by atoms with Crippen molar-refractivity contribution in [2.75, 3.05) is 36.5 Å². The molecule has 1 aliphatic rings. The second kappa shape index (κ2) is 6.21. The van der Waals surface area contributed by atoms with E-state index in [9.17, 15) is 4.79 Å². The Balaban J connectivity index is 1.76. The topological polar surface area (TPSA) is 85.4 Å². The molecule has 1 saturated heterocycles. The number of rotatable bonds is 3. The molecule has 0 aliphatic carbocycles. The van der Waals surface area contributed by atoms with Gasteiger partial charge < -0.3 is 19.5 Å². The standard InChI is InChI=1S/C17H19N5O3/c1-11-12(10-18-25-11)17(23)19-16-15-13(21(2)20-16)4-3-5-14(15)22-6-8-24-9-7-22/h3-5,10H,6-9H2,1-2H3,(H,19,20,23). The average molecular weight is 341 g/mol. The summed E-state index contributed by atoms with van der Waals surface area (Å²) < 4.78 is 12.2. The van der Waals surface area contributed by atoms with E-state index in [1.807, 2.05) is 19.2 Å². The molecular formula is C17H19N5O3. The summed E-state index contributed by atoms with van der Waals surface area (Å²) >= 11 is 0. The summed E-state index contributed by atoms with van der Waals surface area (Å²) in [7, 11) is 1.87. The number of amides is 1. The van der Waals surface area contributed by atoms with Crippen LogP contribution in [0, 0.1) is 6.92 Å². The van der Waals surface area contributed by atoms with Crippen LogP contribution >= 0.6 is 0 Å². The smallest absolute Gasteiger partial charge is 0.262 e. The van der Waals surface area contributed by atoms with Gasteiger partial charge in [-0.15, -0.1) is 0 Å². The first kappa shape index (κ1) is 15.6.